The number of nitro benzene ring substituents is 1. The number of nitrogens with zero attached hydrogens (tertiary/aromatic N) is 2. The van der Waals surface area contributed by atoms with Gasteiger partial charge in [-0.2, -0.15) is 5.10 Å². The maximum atomic E-state index is 11.6. The van der Waals surface area contributed by atoms with Crippen molar-refractivity contribution >= 4 is 41.0 Å². The monoisotopic (exact) mass is 367 g/mol. The first-order valence-electron chi connectivity index (χ1n) is 6.60. The Kier molecular flexibility index (Phi) is 6.11. The smallest absolute Gasteiger partial charge is 0.288 e. The molecule has 0 aliphatic heterocycles. The number of carbonyl (C=O) groups is 1. The van der Waals surface area contributed by atoms with Gasteiger partial charge in [0.25, 0.3) is 11.6 Å². The van der Waals surface area contributed by atoms with Crippen molar-refractivity contribution in [2.45, 2.75) is 0 Å². The molecule has 0 atom stereocenters. The van der Waals surface area contributed by atoms with Crippen LogP contribution in [0, 0.1) is 10.1 Å². The minimum Gasteiger partial charge on any atom is -0.484 e. The number of nitrogens with one attached hydrogen (secondary N) is 1. The topological polar surface area (TPSA) is 93.8 Å². The van der Waals surface area contributed by atoms with Crippen molar-refractivity contribution in [3.63, 3.8) is 0 Å². The van der Waals surface area contributed by atoms with Crippen molar-refractivity contribution in [2.24, 2.45) is 5.10 Å². The largest absolute Gasteiger partial charge is 0.484 e. The highest BCUT2D eigenvalue weighted by Crippen LogP contribution is 2.24. The molecule has 0 fully saturated rings. The zero-order valence-corrected chi connectivity index (χ0v) is 13.6. The lowest BCUT2D eigenvalue weighted by Crippen LogP contribution is -2.24. The lowest BCUT2D eigenvalue weighted by atomic mass is 10.2. The molecule has 2 aromatic rings. The van der Waals surface area contributed by atoms with E-state index in [4.69, 9.17) is 27.9 Å². The van der Waals surface area contributed by atoms with Crippen molar-refractivity contribution < 1.29 is 14.5 Å². The number of hydrogen-bond donors (Lipinski definition) is 1. The van der Waals surface area contributed by atoms with Crippen LogP contribution >= 0.6 is 23.2 Å². The van der Waals surface area contributed by atoms with Crippen LogP contribution in [0.2, 0.25) is 10.0 Å². The molecule has 0 aromatic heterocycles. The van der Waals surface area contributed by atoms with Gasteiger partial charge in [-0.05, 0) is 24.3 Å². The summed E-state index contributed by atoms with van der Waals surface area (Å²) in [7, 11) is 0. The number of hydrazone groups is 1. The molecule has 0 unspecified atom stereocenters. The molecule has 0 spiro atoms. The summed E-state index contributed by atoms with van der Waals surface area (Å²) in [6.45, 7) is -0.252. The molecule has 2 aromatic carbocycles. The van der Waals surface area contributed by atoms with E-state index in [1.54, 1.807) is 24.3 Å². The molecule has 24 heavy (non-hydrogen) atoms. The van der Waals surface area contributed by atoms with Crippen LogP contribution in [0.3, 0.4) is 0 Å². The summed E-state index contributed by atoms with van der Waals surface area (Å²) in [5.74, 6) is -0.0374. The van der Waals surface area contributed by atoms with Crippen molar-refractivity contribution in [3.8, 4) is 5.75 Å². The van der Waals surface area contributed by atoms with Gasteiger partial charge in [-0.3, -0.25) is 14.9 Å². The first kappa shape index (κ1) is 17.7. The predicted octanol–water partition coefficient (Wildman–Crippen LogP) is 3.43. The third kappa shape index (κ3) is 5.22. The third-order valence-corrected chi connectivity index (χ3v) is 3.29. The van der Waals surface area contributed by atoms with Crippen LogP contribution in [0.4, 0.5) is 5.69 Å². The van der Waals surface area contributed by atoms with Gasteiger partial charge in [-0.1, -0.05) is 35.3 Å². The molecule has 124 valence electrons. The standard InChI is InChI=1S/C15H11Cl2N3O4/c16-11-2-1-3-12(7-11)24-9-15(21)19-18-8-10-4-5-13(17)14(6-10)20(22)23/h1-8H,9H2,(H,19,21)/b18-8-. The van der Waals surface area contributed by atoms with Crippen molar-refractivity contribution in [1.82, 2.24) is 5.43 Å². The fraction of sp³-hybridized carbons (Fsp3) is 0.0667. The number of carbonyl (C=O) groups excluding carboxylic acids is 1. The van der Waals surface area contributed by atoms with E-state index < -0.39 is 10.8 Å². The first-order valence-corrected chi connectivity index (χ1v) is 7.35. The zero-order valence-electron chi connectivity index (χ0n) is 12.1. The highest BCUT2D eigenvalue weighted by molar-refractivity contribution is 6.32. The van der Waals surface area contributed by atoms with E-state index in [0.29, 0.717) is 16.3 Å². The number of rotatable bonds is 6. The molecule has 0 radical (unpaired) electrons. The van der Waals surface area contributed by atoms with Gasteiger partial charge >= 0.3 is 0 Å². The Labute approximate surface area is 147 Å². The van der Waals surface area contributed by atoms with E-state index in [-0.39, 0.29) is 17.3 Å². The fourth-order valence-corrected chi connectivity index (χ4v) is 2.03. The number of amides is 1. The molecular weight excluding hydrogens is 357 g/mol. The summed E-state index contributed by atoms with van der Waals surface area (Å²) in [6, 6.07) is 10.8. The van der Waals surface area contributed by atoms with Gasteiger partial charge < -0.3 is 4.74 Å². The summed E-state index contributed by atoms with van der Waals surface area (Å²) in [5.41, 5.74) is 2.43. The summed E-state index contributed by atoms with van der Waals surface area (Å²) < 4.78 is 5.24. The second kappa shape index (κ2) is 8.28. The van der Waals surface area contributed by atoms with Gasteiger partial charge in [0.2, 0.25) is 0 Å². The molecule has 2 rings (SSSR count). The van der Waals surface area contributed by atoms with Crippen LogP contribution in [0.5, 0.6) is 5.75 Å². The average Bonchev–Trinajstić information content (AvgIpc) is 2.54. The first-order chi connectivity index (χ1) is 11.5. The molecule has 0 aliphatic rings. The Balaban J connectivity index is 1.88. The maximum absolute atomic E-state index is 11.6. The van der Waals surface area contributed by atoms with Crippen LogP contribution in [-0.4, -0.2) is 23.7 Å². The number of nitro groups is 1. The number of ether oxygens (including phenoxy) is 1. The molecular formula is C15H11Cl2N3O4. The molecule has 9 heteroatoms. The quantitative estimate of drug-likeness (QED) is 0.480. The Morgan fingerprint density at radius 1 is 1.29 bits per heavy atom. The Morgan fingerprint density at radius 2 is 2.08 bits per heavy atom. The van der Waals surface area contributed by atoms with E-state index in [0.717, 1.165) is 0 Å². The molecule has 1 amide bonds. The summed E-state index contributed by atoms with van der Waals surface area (Å²) in [6.07, 6.45) is 1.26. The molecule has 0 heterocycles. The summed E-state index contributed by atoms with van der Waals surface area (Å²) in [4.78, 5) is 21.8. The van der Waals surface area contributed by atoms with E-state index in [1.165, 1.54) is 24.4 Å². The van der Waals surface area contributed by atoms with Gasteiger partial charge in [0.05, 0.1) is 11.1 Å². The van der Waals surface area contributed by atoms with Crippen LogP contribution in [0.1, 0.15) is 5.56 Å². The predicted molar refractivity (Wildman–Crippen MR) is 90.8 cm³/mol. The number of benzene rings is 2. The second-order valence-electron chi connectivity index (χ2n) is 4.51. The van der Waals surface area contributed by atoms with E-state index in [1.807, 2.05) is 0 Å². The Hall–Kier alpha value is -2.64. The minimum atomic E-state index is -0.600. The number of halogens is 2. The van der Waals surface area contributed by atoms with Gasteiger partial charge in [0.1, 0.15) is 10.8 Å². The Morgan fingerprint density at radius 3 is 2.79 bits per heavy atom. The average molecular weight is 368 g/mol. The lowest BCUT2D eigenvalue weighted by molar-refractivity contribution is -0.384. The van der Waals surface area contributed by atoms with Crippen LogP contribution in [0.25, 0.3) is 0 Å². The van der Waals surface area contributed by atoms with Gasteiger partial charge in [-0.15, -0.1) is 0 Å². The third-order valence-electron chi connectivity index (χ3n) is 2.74. The normalized spacial score (nSPS) is 10.6. The highest BCUT2D eigenvalue weighted by atomic mass is 35.5. The van der Waals surface area contributed by atoms with Crippen molar-refractivity contribution in [3.05, 3.63) is 68.2 Å². The molecule has 0 aliphatic carbocycles. The van der Waals surface area contributed by atoms with Gasteiger partial charge in [0.15, 0.2) is 6.61 Å². The van der Waals surface area contributed by atoms with Crippen molar-refractivity contribution in [2.75, 3.05) is 6.61 Å². The fourth-order valence-electron chi connectivity index (χ4n) is 1.67. The van der Waals surface area contributed by atoms with E-state index in [2.05, 4.69) is 10.5 Å². The molecule has 0 bridgehead atoms. The van der Waals surface area contributed by atoms with Crippen LogP contribution in [-0.2, 0) is 4.79 Å². The molecule has 0 saturated heterocycles. The van der Waals surface area contributed by atoms with Crippen molar-refractivity contribution in [1.29, 1.82) is 0 Å². The van der Waals surface area contributed by atoms with E-state index >= 15 is 0 Å². The highest BCUT2D eigenvalue weighted by Gasteiger charge is 2.11. The Bertz CT molecular complexity index is 796. The molecule has 1 N–H and O–H groups in total. The molecule has 0 saturated carbocycles. The maximum Gasteiger partial charge on any atom is 0.288 e. The van der Waals surface area contributed by atoms with Gasteiger partial charge in [-0.25, -0.2) is 5.43 Å². The number of hydrogen-bond acceptors (Lipinski definition) is 5. The second-order valence-corrected chi connectivity index (χ2v) is 5.35. The lowest BCUT2D eigenvalue weighted by Gasteiger charge is -2.04. The zero-order chi connectivity index (χ0) is 17.5. The minimum absolute atomic E-state index is 0.0242. The SMILES string of the molecule is O=C(COc1cccc(Cl)c1)N/N=C\c1ccc(Cl)c([N+](=O)[O-])c1. The van der Waals surface area contributed by atoms with E-state index in [9.17, 15) is 14.9 Å². The van der Waals surface area contributed by atoms with Gasteiger partial charge in [0, 0.05) is 16.7 Å². The van der Waals surface area contributed by atoms with Crippen LogP contribution in [0.15, 0.2) is 47.6 Å². The molecule has 7 nitrogen and oxygen atoms in total. The summed E-state index contributed by atoms with van der Waals surface area (Å²) in [5, 5.41) is 15.0. The summed E-state index contributed by atoms with van der Waals surface area (Å²) >= 11 is 11.5. The van der Waals surface area contributed by atoms with Crippen LogP contribution < -0.4 is 10.2 Å².